The van der Waals surface area contributed by atoms with Crippen LogP contribution >= 0.6 is 0 Å². The predicted octanol–water partition coefficient (Wildman–Crippen LogP) is 3.62. The van der Waals surface area contributed by atoms with E-state index in [1.165, 1.54) is 0 Å². The second-order valence-electron chi connectivity index (χ2n) is 12.7. The molecule has 1 atom stereocenters. The van der Waals surface area contributed by atoms with Crippen molar-refractivity contribution in [2.75, 3.05) is 24.6 Å². The third kappa shape index (κ3) is 5.71. The number of fused-ring (bicyclic) bond motifs is 3. The number of carbonyl (C=O) groups excluding carboxylic acids is 3. The number of anilines is 2. The van der Waals surface area contributed by atoms with Crippen molar-refractivity contribution < 1.29 is 23.5 Å². The zero-order valence-corrected chi connectivity index (χ0v) is 28.5. The number of rotatable bonds is 5. The number of ether oxygens (including phenoxy) is 1. The number of nitrogens with zero attached hydrogens (tertiary/aromatic N) is 6. The number of aryl methyl sites for hydroxylation is 3. The fourth-order valence-corrected chi connectivity index (χ4v) is 6.79. The first-order valence-corrected chi connectivity index (χ1v) is 16.7. The Balaban J connectivity index is 0.947. The summed E-state index contributed by atoms with van der Waals surface area (Å²) >= 11 is 0. The molecule has 52 heavy (non-hydrogen) atoms. The maximum Gasteiger partial charge on any atom is 0.328 e. The van der Waals surface area contributed by atoms with E-state index in [4.69, 9.17) is 9.15 Å². The van der Waals surface area contributed by atoms with Crippen LogP contribution < -0.4 is 26.0 Å². The summed E-state index contributed by atoms with van der Waals surface area (Å²) in [5, 5.41) is 5.94. The maximum absolute atomic E-state index is 13.0. The van der Waals surface area contributed by atoms with Gasteiger partial charge in [0.1, 0.15) is 23.6 Å². The van der Waals surface area contributed by atoms with E-state index in [2.05, 4.69) is 42.3 Å². The molecule has 0 aliphatic carbocycles. The van der Waals surface area contributed by atoms with Crippen molar-refractivity contribution in [2.45, 2.75) is 25.7 Å². The Bertz CT molecular complexity index is 2590. The van der Waals surface area contributed by atoms with Gasteiger partial charge in [-0.05, 0) is 60.7 Å². The molecule has 0 unspecified atom stereocenters. The van der Waals surface area contributed by atoms with Crippen LogP contribution in [0.25, 0.3) is 33.4 Å². The number of piperidine rings is 1. The number of benzene rings is 2. The third-order valence-electron chi connectivity index (χ3n) is 9.46. The standard InChI is InChI=1S/C38H32N8O6/c1-21-16-22(34-41-20-30-37(43-34)51-15-14-46(30)23-9-11-28-29(17-23)45(3)38(50)44(28)2)19-40-33(21)36(49)39-13-5-6-24-18-27-25(7-4-8-31(27)52-24)26-10-12-32(47)42-35(26)48/h4,7-9,11,16-20,26H,10,12-15H2,1-3H3,(H,39,49)(H,42,47,48)/t26-/m0/s1. The first kappa shape index (κ1) is 32.5. The largest absolute Gasteiger partial charge is 0.474 e. The minimum atomic E-state index is -0.445. The van der Waals surface area contributed by atoms with E-state index in [0.717, 1.165) is 27.7 Å². The molecule has 0 saturated carbocycles. The molecule has 2 aromatic carbocycles. The van der Waals surface area contributed by atoms with Gasteiger partial charge in [-0.3, -0.25) is 33.8 Å². The minimum Gasteiger partial charge on any atom is -0.474 e. The molecule has 14 heteroatoms. The summed E-state index contributed by atoms with van der Waals surface area (Å²) < 4.78 is 15.0. The molecule has 8 rings (SSSR count). The first-order chi connectivity index (χ1) is 25.2. The fourth-order valence-electron chi connectivity index (χ4n) is 6.79. The van der Waals surface area contributed by atoms with Crippen LogP contribution in [0.4, 0.5) is 11.4 Å². The van der Waals surface area contributed by atoms with Crippen molar-refractivity contribution in [2.24, 2.45) is 14.1 Å². The summed E-state index contributed by atoms with van der Waals surface area (Å²) in [7, 11) is 3.51. The molecular weight excluding hydrogens is 664 g/mol. The van der Waals surface area contributed by atoms with E-state index in [1.54, 1.807) is 60.7 Å². The molecule has 1 fully saturated rings. The summed E-state index contributed by atoms with van der Waals surface area (Å²) in [6.45, 7) is 2.83. The van der Waals surface area contributed by atoms with Gasteiger partial charge >= 0.3 is 5.69 Å². The van der Waals surface area contributed by atoms with Crippen LogP contribution in [-0.4, -0.2) is 61.5 Å². The van der Waals surface area contributed by atoms with Gasteiger partial charge in [0.15, 0.2) is 11.6 Å². The lowest BCUT2D eigenvalue weighted by atomic mass is 9.88. The quantitative estimate of drug-likeness (QED) is 0.201. The molecule has 4 aromatic heterocycles. The van der Waals surface area contributed by atoms with Crippen molar-refractivity contribution in [3.05, 3.63) is 94.0 Å². The molecule has 0 spiro atoms. The van der Waals surface area contributed by atoms with Crippen LogP contribution in [0.2, 0.25) is 0 Å². The Morgan fingerprint density at radius 1 is 1.04 bits per heavy atom. The molecule has 0 radical (unpaired) electrons. The number of imidazole rings is 1. The van der Waals surface area contributed by atoms with Gasteiger partial charge in [0.25, 0.3) is 5.91 Å². The van der Waals surface area contributed by atoms with Gasteiger partial charge in [0, 0.05) is 49.4 Å². The lowest BCUT2D eigenvalue weighted by Gasteiger charge is -2.30. The highest BCUT2D eigenvalue weighted by Gasteiger charge is 2.30. The SMILES string of the molecule is Cc1cc(-c2ncc3c(n2)OCCN3c2ccc3c(c2)n(C)c(=O)n3C)cnc1C(=O)NCC#Cc1cc2c([C@@H]3CCC(=O)NC3=O)cccc2o1. The zero-order chi connectivity index (χ0) is 36.1. The maximum atomic E-state index is 13.0. The summed E-state index contributed by atoms with van der Waals surface area (Å²) in [5.41, 5.74) is 6.04. The summed E-state index contributed by atoms with van der Waals surface area (Å²) in [6, 6.07) is 14.9. The van der Waals surface area contributed by atoms with Crippen molar-refractivity contribution in [1.29, 1.82) is 0 Å². The molecule has 2 aliphatic heterocycles. The first-order valence-electron chi connectivity index (χ1n) is 16.7. The lowest BCUT2D eigenvalue weighted by molar-refractivity contribution is -0.134. The van der Waals surface area contributed by atoms with Crippen LogP contribution in [0.1, 0.15) is 46.1 Å². The molecule has 6 aromatic rings. The van der Waals surface area contributed by atoms with Crippen LogP contribution in [0.3, 0.4) is 0 Å². The van der Waals surface area contributed by atoms with Gasteiger partial charge < -0.3 is 19.4 Å². The van der Waals surface area contributed by atoms with Gasteiger partial charge in [0.2, 0.25) is 17.7 Å². The molecule has 0 bridgehead atoms. The van der Waals surface area contributed by atoms with Crippen LogP contribution in [-0.2, 0) is 23.7 Å². The fraction of sp³-hybridized carbons (Fsp3) is 0.237. The van der Waals surface area contributed by atoms with E-state index < -0.39 is 5.92 Å². The number of imide groups is 1. The highest BCUT2D eigenvalue weighted by molar-refractivity contribution is 6.03. The number of hydrogen-bond donors (Lipinski definition) is 2. The Morgan fingerprint density at radius 3 is 2.71 bits per heavy atom. The Labute approximate surface area is 296 Å². The summed E-state index contributed by atoms with van der Waals surface area (Å²) in [5.74, 6) is 5.65. The molecule has 14 nitrogen and oxygen atoms in total. The number of furan rings is 1. The van der Waals surface area contributed by atoms with Gasteiger partial charge in [-0.25, -0.2) is 9.78 Å². The van der Waals surface area contributed by atoms with E-state index in [-0.39, 0.29) is 42.1 Å². The molecule has 1 saturated heterocycles. The number of amides is 3. The number of carbonyl (C=O) groups is 3. The molecule has 260 valence electrons. The van der Waals surface area contributed by atoms with E-state index in [1.807, 2.05) is 30.3 Å². The monoisotopic (exact) mass is 696 g/mol. The second-order valence-corrected chi connectivity index (χ2v) is 12.7. The Morgan fingerprint density at radius 2 is 1.88 bits per heavy atom. The molecule has 2 aliphatic rings. The number of aromatic nitrogens is 5. The molecule has 3 amide bonds. The predicted molar refractivity (Wildman–Crippen MR) is 191 cm³/mol. The minimum absolute atomic E-state index is 0.0496. The van der Waals surface area contributed by atoms with Crippen molar-refractivity contribution in [3.8, 4) is 29.1 Å². The molecule has 2 N–H and O–H groups in total. The van der Waals surface area contributed by atoms with Crippen LogP contribution in [0.15, 0.2) is 70.1 Å². The Kier molecular flexibility index (Phi) is 8.02. The van der Waals surface area contributed by atoms with Crippen molar-refractivity contribution >= 4 is 51.1 Å². The van der Waals surface area contributed by atoms with E-state index >= 15 is 0 Å². The Hall–Kier alpha value is -6.75. The normalized spacial score (nSPS) is 15.5. The van der Waals surface area contributed by atoms with Crippen LogP contribution in [0, 0.1) is 18.8 Å². The highest BCUT2D eigenvalue weighted by Crippen LogP contribution is 2.37. The van der Waals surface area contributed by atoms with Gasteiger partial charge in [-0.2, -0.15) is 4.98 Å². The topological polar surface area (TPSA) is 166 Å². The third-order valence-corrected chi connectivity index (χ3v) is 9.46. The van der Waals surface area contributed by atoms with Crippen molar-refractivity contribution in [3.63, 3.8) is 0 Å². The lowest BCUT2D eigenvalue weighted by Crippen LogP contribution is -2.39. The van der Waals surface area contributed by atoms with Gasteiger partial charge in [-0.15, -0.1) is 0 Å². The molecular formula is C38H32N8O6. The number of nitrogens with one attached hydrogen (secondary N) is 2. The number of hydrogen-bond acceptors (Lipinski definition) is 10. The second kappa shape index (κ2) is 12.9. The summed E-state index contributed by atoms with van der Waals surface area (Å²) in [6.07, 6.45) is 3.97. The average Bonchev–Trinajstić information content (AvgIpc) is 3.66. The highest BCUT2D eigenvalue weighted by atomic mass is 16.5. The zero-order valence-electron chi connectivity index (χ0n) is 28.5. The average molecular weight is 697 g/mol. The van der Waals surface area contributed by atoms with Gasteiger partial charge in [0.05, 0.1) is 36.2 Å². The van der Waals surface area contributed by atoms with E-state index in [0.29, 0.717) is 59.4 Å². The number of pyridine rings is 1. The molecule has 6 heterocycles. The van der Waals surface area contributed by atoms with Crippen molar-refractivity contribution in [1.82, 2.24) is 34.7 Å². The van der Waals surface area contributed by atoms with E-state index in [9.17, 15) is 19.2 Å². The van der Waals surface area contributed by atoms with Gasteiger partial charge in [-0.1, -0.05) is 18.1 Å². The van der Waals surface area contributed by atoms with Crippen LogP contribution in [0.5, 0.6) is 5.88 Å². The smallest absolute Gasteiger partial charge is 0.328 e. The summed E-state index contributed by atoms with van der Waals surface area (Å²) in [4.78, 5) is 65.3.